The Hall–Kier alpha value is -0.280. The van der Waals surface area contributed by atoms with E-state index < -0.39 is 36.2 Å². The lowest BCUT2D eigenvalue weighted by atomic mass is 9.94. The van der Waals surface area contributed by atoms with Gasteiger partial charge in [-0.15, -0.1) is 0 Å². The summed E-state index contributed by atoms with van der Waals surface area (Å²) in [4.78, 5) is 0. The summed E-state index contributed by atoms with van der Waals surface area (Å²) in [6, 6.07) is 0. The highest BCUT2D eigenvalue weighted by molar-refractivity contribution is 4.98. The van der Waals surface area contributed by atoms with Gasteiger partial charge in [0.25, 0.3) is 0 Å². The Kier molecular flexibility index (Phi) is 4.42. The topological polar surface area (TPSA) is 75.6 Å². The van der Waals surface area contributed by atoms with Gasteiger partial charge in [-0.05, 0) is 20.8 Å². The Morgan fingerprint density at radius 2 is 1.45 bits per heavy atom. The zero-order chi connectivity index (χ0) is 15.1. The molecule has 0 aromatic heterocycles. The highest BCUT2D eigenvalue weighted by atomic mass is 16.8. The number of methoxy groups -OCH3 is 3. The first-order valence-electron chi connectivity index (χ1n) is 6.64. The molecule has 2 aliphatic heterocycles. The lowest BCUT2D eigenvalue weighted by Gasteiger charge is -2.56. The molecular weight excluding hydrogens is 268 g/mol. The fraction of sp³-hybridized carbons (Fsp3) is 1.00. The highest BCUT2D eigenvalue weighted by Crippen LogP contribution is 2.43. The number of hydrogen-bond donors (Lipinski definition) is 1. The van der Waals surface area contributed by atoms with Crippen molar-refractivity contribution in [3.05, 3.63) is 0 Å². The van der Waals surface area contributed by atoms with E-state index in [1.165, 1.54) is 21.3 Å². The van der Waals surface area contributed by atoms with Gasteiger partial charge in [0.1, 0.15) is 18.3 Å². The first kappa shape index (κ1) is 16.1. The van der Waals surface area contributed by atoms with Crippen molar-refractivity contribution in [2.45, 2.75) is 63.1 Å². The van der Waals surface area contributed by atoms with Crippen LogP contribution in [0.4, 0.5) is 0 Å². The van der Waals surface area contributed by atoms with Crippen LogP contribution in [0.3, 0.4) is 0 Å². The molecule has 7 atom stereocenters. The summed E-state index contributed by atoms with van der Waals surface area (Å²) < 4.78 is 33.5. The monoisotopic (exact) mass is 292 g/mol. The maximum absolute atomic E-state index is 10.3. The van der Waals surface area contributed by atoms with E-state index in [-0.39, 0.29) is 6.10 Å². The number of hydrogen-bond acceptors (Lipinski definition) is 7. The molecule has 0 radical (unpaired) electrons. The number of ether oxygens (including phenoxy) is 6. The average Bonchev–Trinajstić information content (AvgIpc) is 2.45. The first-order valence-corrected chi connectivity index (χ1v) is 6.64. The van der Waals surface area contributed by atoms with Gasteiger partial charge in [-0.3, -0.25) is 0 Å². The van der Waals surface area contributed by atoms with Crippen LogP contribution in [-0.4, -0.2) is 68.7 Å². The Balaban J connectivity index is 2.30. The summed E-state index contributed by atoms with van der Waals surface area (Å²) in [5.74, 6) is -2.26. The van der Waals surface area contributed by atoms with Gasteiger partial charge in [0, 0.05) is 21.3 Å². The number of aliphatic hydroxyl groups is 1. The Labute approximate surface area is 119 Å². The molecule has 118 valence electrons. The van der Waals surface area contributed by atoms with Crippen LogP contribution in [0.15, 0.2) is 0 Å². The molecule has 1 N–H and O–H groups in total. The predicted molar refractivity (Wildman–Crippen MR) is 67.9 cm³/mol. The molecule has 2 rings (SSSR count). The third-order valence-corrected chi connectivity index (χ3v) is 4.31. The van der Waals surface area contributed by atoms with Gasteiger partial charge in [0.2, 0.25) is 11.6 Å². The molecule has 2 heterocycles. The second kappa shape index (κ2) is 5.49. The van der Waals surface area contributed by atoms with Crippen molar-refractivity contribution in [2.24, 2.45) is 0 Å². The van der Waals surface area contributed by atoms with Crippen LogP contribution >= 0.6 is 0 Å². The second-order valence-corrected chi connectivity index (χ2v) is 5.40. The van der Waals surface area contributed by atoms with Crippen LogP contribution in [0.25, 0.3) is 0 Å². The zero-order valence-electron chi connectivity index (χ0n) is 12.8. The minimum atomic E-state index is -1.15. The molecule has 20 heavy (non-hydrogen) atoms. The van der Waals surface area contributed by atoms with Crippen LogP contribution in [-0.2, 0) is 28.4 Å². The summed E-state index contributed by atoms with van der Waals surface area (Å²) in [6.07, 6.45) is -3.16. The van der Waals surface area contributed by atoms with Gasteiger partial charge >= 0.3 is 0 Å². The largest absolute Gasteiger partial charge is 0.385 e. The van der Waals surface area contributed by atoms with Crippen molar-refractivity contribution in [3.8, 4) is 0 Å². The third-order valence-electron chi connectivity index (χ3n) is 4.31. The minimum absolute atomic E-state index is 0.316. The van der Waals surface area contributed by atoms with E-state index >= 15 is 0 Å². The molecule has 2 saturated heterocycles. The Morgan fingerprint density at radius 1 is 0.950 bits per heavy atom. The Morgan fingerprint density at radius 3 is 1.90 bits per heavy atom. The van der Waals surface area contributed by atoms with E-state index in [9.17, 15) is 5.11 Å². The maximum Gasteiger partial charge on any atom is 0.220 e. The molecule has 7 nitrogen and oxygen atoms in total. The molecule has 2 aliphatic rings. The molecule has 0 spiro atoms. The number of aliphatic hydroxyl groups excluding tert-OH is 1. The molecule has 7 heteroatoms. The smallest absolute Gasteiger partial charge is 0.220 e. The van der Waals surface area contributed by atoms with E-state index in [1.807, 2.05) is 6.92 Å². The molecule has 0 bridgehead atoms. The van der Waals surface area contributed by atoms with Gasteiger partial charge in [0.05, 0.1) is 6.10 Å². The van der Waals surface area contributed by atoms with Crippen molar-refractivity contribution >= 4 is 0 Å². The van der Waals surface area contributed by atoms with Crippen molar-refractivity contribution in [2.75, 3.05) is 21.3 Å². The van der Waals surface area contributed by atoms with E-state index in [2.05, 4.69) is 0 Å². The number of fused-ring (bicyclic) bond motifs is 1. The molecule has 2 fully saturated rings. The fourth-order valence-corrected chi connectivity index (χ4v) is 2.68. The van der Waals surface area contributed by atoms with Gasteiger partial charge in [-0.2, -0.15) is 0 Å². The van der Waals surface area contributed by atoms with Crippen LogP contribution < -0.4 is 0 Å². The minimum Gasteiger partial charge on any atom is -0.385 e. The van der Waals surface area contributed by atoms with E-state index in [0.717, 1.165) is 0 Å². The standard InChI is InChI=1S/C13H24O7/c1-7-9-10(8(14)11(15-4)18-7)20-13(3,17-6)12(2,16-5)19-9/h7-11,14H,1-6H3/t7-,8+,9-,10-,11+,12+,13+/m1/s1. The Bertz CT molecular complexity index is 352. The molecule has 0 aromatic rings. The zero-order valence-corrected chi connectivity index (χ0v) is 12.8. The molecule has 0 aromatic carbocycles. The summed E-state index contributed by atoms with van der Waals surface area (Å²) >= 11 is 0. The maximum atomic E-state index is 10.3. The lowest BCUT2D eigenvalue weighted by Crippen LogP contribution is -2.72. The van der Waals surface area contributed by atoms with Crippen LogP contribution in [0, 0.1) is 0 Å². The van der Waals surface area contributed by atoms with Crippen molar-refractivity contribution in [1.29, 1.82) is 0 Å². The van der Waals surface area contributed by atoms with Crippen molar-refractivity contribution in [1.82, 2.24) is 0 Å². The highest BCUT2D eigenvalue weighted by Gasteiger charge is 2.61. The predicted octanol–water partition coefficient (Wildman–Crippen LogP) is 0.248. The van der Waals surface area contributed by atoms with Crippen LogP contribution in [0.1, 0.15) is 20.8 Å². The van der Waals surface area contributed by atoms with Gasteiger partial charge in [0.15, 0.2) is 6.29 Å². The van der Waals surface area contributed by atoms with Crippen LogP contribution in [0.5, 0.6) is 0 Å². The fourth-order valence-electron chi connectivity index (χ4n) is 2.68. The average molecular weight is 292 g/mol. The van der Waals surface area contributed by atoms with Gasteiger partial charge < -0.3 is 33.5 Å². The van der Waals surface area contributed by atoms with Gasteiger partial charge in [-0.25, -0.2) is 0 Å². The number of rotatable bonds is 3. The lowest BCUT2D eigenvalue weighted by molar-refractivity contribution is -0.477. The molecule has 0 amide bonds. The SMILES string of the molecule is CO[C@H]1O[C@H](C)[C@H]2O[C@](C)(OC)[C@@](C)(OC)O[C@@H]2[C@@H]1O. The quantitative estimate of drug-likeness (QED) is 0.799. The molecular formula is C13H24O7. The van der Waals surface area contributed by atoms with Crippen molar-refractivity contribution in [3.63, 3.8) is 0 Å². The molecule has 0 unspecified atom stereocenters. The summed E-state index contributed by atoms with van der Waals surface area (Å²) in [7, 11) is 4.49. The third kappa shape index (κ3) is 2.27. The van der Waals surface area contributed by atoms with Crippen molar-refractivity contribution < 1.29 is 33.5 Å². The summed E-state index contributed by atoms with van der Waals surface area (Å²) in [6.45, 7) is 5.28. The first-order chi connectivity index (χ1) is 9.31. The van der Waals surface area contributed by atoms with E-state index in [4.69, 9.17) is 28.4 Å². The molecule has 0 saturated carbocycles. The summed E-state index contributed by atoms with van der Waals surface area (Å²) in [5, 5.41) is 10.3. The summed E-state index contributed by atoms with van der Waals surface area (Å²) in [5.41, 5.74) is 0. The van der Waals surface area contributed by atoms with E-state index in [0.29, 0.717) is 0 Å². The molecule has 0 aliphatic carbocycles. The van der Waals surface area contributed by atoms with E-state index in [1.54, 1.807) is 13.8 Å². The second-order valence-electron chi connectivity index (χ2n) is 5.40. The van der Waals surface area contributed by atoms with Crippen LogP contribution in [0.2, 0.25) is 0 Å². The normalized spacial score (nSPS) is 52.6. The van der Waals surface area contributed by atoms with Gasteiger partial charge in [-0.1, -0.05) is 0 Å².